The van der Waals surface area contributed by atoms with Crippen molar-refractivity contribution in [1.82, 2.24) is 4.90 Å². The number of carboxylic acids is 1. The normalized spacial score (nSPS) is 18.7. The standard InChI is InChI=1S/C13H10ClNO3S2/c1-7(12(17)18)15-11(16)10(20-13(15)19)6-8-3-2-4-9(14)5-8/h2-7H,1H3,(H,17,18)/b10-6-/t7-/m1/s1. The number of nitrogens with zero attached hydrogens (tertiary/aromatic N) is 1. The molecule has 104 valence electrons. The number of benzene rings is 1. The van der Waals surface area contributed by atoms with Gasteiger partial charge in [0.25, 0.3) is 5.91 Å². The Kier molecular flexibility index (Phi) is 4.47. The van der Waals surface area contributed by atoms with Gasteiger partial charge in [-0.3, -0.25) is 9.69 Å². The zero-order valence-corrected chi connectivity index (χ0v) is 12.8. The molecule has 1 amide bonds. The van der Waals surface area contributed by atoms with Crippen molar-refractivity contribution in [3.05, 3.63) is 39.8 Å². The molecule has 0 aliphatic carbocycles. The van der Waals surface area contributed by atoms with Gasteiger partial charge in [-0.2, -0.15) is 0 Å². The summed E-state index contributed by atoms with van der Waals surface area (Å²) in [4.78, 5) is 24.7. The molecule has 0 spiro atoms. The van der Waals surface area contributed by atoms with E-state index in [0.717, 1.165) is 22.2 Å². The van der Waals surface area contributed by atoms with Gasteiger partial charge in [0, 0.05) is 5.02 Å². The van der Waals surface area contributed by atoms with Crippen LogP contribution < -0.4 is 0 Å². The first-order valence-electron chi connectivity index (χ1n) is 5.65. The van der Waals surface area contributed by atoms with E-state index in [4.69, 9.17) is 28.9 Å². The highest BCUT2D eigenvalue weighted by atomic mass is 35.5. The number of halogens is 1. The Bertz CT molecular complexity index is 630. The molecule has 20 heavy (non-hydrogen) atoms. The van der Waals surface area contributed by atoms with Gasteiger partial charge in [-0.15, -0.1) is 0 Å². The summed E-state index contributed by atoms with van der Waals surface area (Å²) in [7, 11) is 0. The van der Waals surface area contributed by atoms with Crippen LogP contribution in [0.25, 0.3) is 6.08 Å². The summed E-state index contributed by atoms with van der Waals surface area (Å²) in [5.74, 6) is -1.49. The first kappa shape index (κ1) is 15.0. The predicted molar refractivity (Wildman–Crippen MR) is 83.6 cm³/mol. The number of carboxylic acid groups (broad SMARTS) is 1. The molecule has 4 nitrogen and oxygen atoms in total. The van der Waals surface area contributed by atoms with Gasteiger partial charge in [0.15, 0.2) is 0 Å². The Balaban J connectivity index is 2.30. The molecule has 0 aromatic heterocycles. The number of hydrogen-bond acceptors (Lipinski definition) is 4. The molecule has 1 atom stereocenters. The molecule has 1 N–H and O–H groups in total. The Labute approximate surface area is 130 Å². The van der Waals surface area contributed by atoms with Gasteiger partial charge in [-0.1, -0.05) is 47.7 Å². The first-order chi connectivity index (χ1) is 9.40. The highest BCUT2D eigenvalue weighted by Gasteiger charge is 2.38. The summed E-state index contributed by atoms with van der Waals surface area (Å²) in [6.07, 6.45) is 1.65. The van der Waals surface area contributed by atoms with E-state index in [1.807, 2.05) is 0 Å². The lowest BCUT2D eigenvalue weighted by molar-refractivity contribution is -0.144. The van der Waals surface area contributed by atoms with Gasteiger partial charge in [-0.05, 0) is 30.7 Å². The van der Waals surface area contributed by atoms with Gasteiger partial charge in [-0.25, -0.2) is 4.79 Å². The number of aliphatic carboxylic acids is 1. The third-order valence-corrected chi connectivity index (χ3v) is 4.28. The molecule has 7 heteroatoms. The second kappa shape index (κ2) is 5.95. The van der Waals surface area contributed by atoms with Gasteiger partial charge >= 0.3 is 5.97 Å². The summed E-state index contributed by atoms with van der Waals surface area (Å²) in [5.41, 5.74) is 0.765. The lowest BCUT2D eigenvalue weighted by atomic mass is 10.2. The van der Waals surface area contributed by atoms with Crippen molar-refractivity contribution in [3.8, 4) is 0 Å². The third-order valence-electron chi connectivity index (χ3n) is 2.71. The molecule has 1 aromatic carbocycles. The van der Waals surface area contributed by atoms with E-state index in [0.29, 0.717) is 9.93 Å². The van der Waals surface area contributed by atoms with Crippen LogP contribution in [0.15, 0.2) is 29.2 Å². The minimum absolute atomic E-state index is 0.248. The zero-order valence-electron chi connectivity index (χ0n) is 10.4. The highest BCUT2D eigenvalue weighted by molar-refractivity contribution is 8.26. The van der Waals surface area contributed by atoms with Crippen LogP contribution in [-0.4, -0.2) is 32.2 Å². The molecular formula is C13H10ClNO3S2. The van der Waals surface area contributed by atoms with Crippen LogP contribution in [0.1, 0.15) is 12.5 Å². The largest absolute Gasteiger partial charge is 0.480 e. The molecule has 2 rings (SSSR count). The van der Waals surface area contributed by atoms with Gasteiger partial charge < -0.3 is 5.11 Å². The second-order valence-electron chi connectivity index (χ2n) is 4.12. The summed E-state index contributed by atoms with van der Waals surface area (Å²) in [6, 6.07) is 6.05. The van der Waals surface area contributed by atoms with Crippen molar-refractivity contribution in [2.75, 3.05) is 0 Å². The summed E-state index contributed by atoms with van der Waals surface area (Å²) >= 11 is 12.0. The number of carbonyl (C=O) groups excluding carboxylic acids is 1. The maximum absolute atomic E-state index is 12.2. The molecule has 0 saturated carbocycles. The van der Waals surface area contributed by atoms with E-state index in [2.05, 4.69) is 0 Å². The zero-order chi connectivity index (χ0) is 14.9. The Morgan fingerprint density at radius 2 is 2.25 bits per heavy atom. The van der Waals surface area contributed by atoms with Crippen molar-refractivity contribution in [2.24, 2.45) is 0 Å². The van der Waals surface area contributed by atoms with E-state index in [1.54, 1.807) is 30.3 Å². The molecule has 1 aliphatic heterocycles. The second-order valence-corrected chi connectivity index (χ2v) is 6.23. The van der Waals surface area contributed by atoms with Crippen molar-refractivity contribution >= 4 is 57.9 Å². The SMILES string of the molecule is C[C@H](C(=O)O)N1C(=O)/C(=C/c2cccc(Cl)c2)SC1=S. The van der Waals surface area contributed by atoms with E-state index >= 15 is 0 Å². The van der Waals surface area contributed by atoms with Crippen LogP contribution in [0.3, 0.4) is 0 Å². The molecule has 0 radical (unpaired) electrons. The van der Waals surface area contributed by atoms with Gasteiger partial charge in [0.2, 0.25) is 0 Å². The molecular weight excluding hydrogens is 318 g/mol. The summed E-state index contributed by atoms with van der Waals surface area (Å²) in [5, 5.41) is 9.55. The van der Waals surface area contributed by atoms with E-state index in [9.17, 15) is 9.59 Å². The number of thiocarbonyl (C=S) groups is 1. The fourth-order valence-corrected chi connectivity index (χ4v) is 3.29. The van der Waals surface area contributed by atoms with Crippen LogP contribution in [-0.2, 0) is 9.59 Å². The fourth-order valence-electron chi connectivity index (χ4n) is 1.67. The van der Waals surface area contributed by atoms with Crippen LogP contribution in [0.5, 0.6) is 0 Å². The molecule has 1 heterocycles. The Hall–Kier alpha value is -1.37. The minimum atomic E-state index is -1.09. The smallest absolute Gasteiger partial charge is 0.326 e. The molecule has 1 saturated heterocycles. The van der Waals surface area contributed by atoms with Crippen LogP contribution >= 0.6 is 35.6 Å². The summed E-state index contributed by atoms with van der Waals surface area (Å²) < 4.78 is 0.248. The highest BCUT2D eigenvalue weighted by Crippen LogP contribution is 2.34. The van der Waals surface area contributed by atoms with E-state index < -0.39 is 17.9 Å². The fraction of sp³-hybridized carbons (Fsp3) is 0.154. The molecule has 1 aliphatic rings. The molecule has 0 bridgehead atoms. The number of amides is 1. The Morgan fingerprint density at radius 1 is 1.55 bits per heavy atom. The topological polar surface area (TPSA) is 57.6 Å². The monoisotopic (exact) mass is 327 g/mol. The number of thioether (sulfide) groups is 1. The third kappa shape index (κ3) is 3.03. The first-order valence-corrected chi connectivity index (χ1v) is 7.26. The number of hydrogen-bond donors (Lipinski definition) is 1. The minimum Gasteiger partial charge on any atom is -0.480 e. The van der Waals surface area contributed by atoms with Crippen LogP contribution in [0, 0.1) is 0 Å². The molecule has 1 aromatic rings. The quantitative estimate of drug-likeness (QED) is 0.683. The van der Waals surface area contributed by atoms with Crippen molar-refractivity contribution in [1.29, 1.82) is 0 Å². The lowest BCUT2D eigenvalue weighted by Gasteiger charge is -2.18. The van der Waals surface area contributed by atoms with Crippen molar-refractivity contribution in [3.63, 3.8) is 0 Å². The van der Waals surface area contributed by atoms with E-state index in [-0.39, 0.29) is 4.32 Å². The maximum atomic E-state index is 12.2. The average molecular weight is 328 g/mol. The molecule has 0 unspecified atom stereocenters. The van der Waals surface area contributed by atoms with Gasteiger partial charge in [0.1, 0.15) is 10.4 Å². The molecule has 1 fully saturated rings. The van der Waals surface area contributed by atoms with Crippen molar-refractivity contribution in [2.45, 2.75) is 13.0 Å². The lowest BCUT2D eigenvalue weighted by Crippen LogP contribution is -2.41. The van der Waals surface area contributed by atoms with E-state index in [1.165, 1.54) is 6.92 Å². The van der Waals surface area contributed by atoms with Crippen molar-refractivity contribution < 1.29 is 14.7 Å². The maximum Gasteiger partial charge on any atom is 0.326 e. The predicted octanol–water partition coefficient (Wildman–Crippen LogP) is 3.01. The van der Waals surface area contributed by atoms with Crippen LogP contribution in [0.2, 0.25) is 5.02 Å². The van der Waals surface area contributed by atoms with Gasteiger partial charge in [0.05, 0.1) is 4.91 Å². The summed E-state index contributed by atoms with van der Waals surface area (Å²) in [6.45, 7) is 1.43. The number of rotatable bonds is 3. The number of carbonyl (C=O) groups is 2. The van der Waals surface area contributed by atoms with Crippen LogP contribution in [0.4, 0.5) is 0 Å². The Morgan fingerprint density at radius 3 is 2.85 bits per heavy atom. The average Bonchev–Trinajstić information content (AvgIpc) is 2.63.